The number of rotatable bonds is 3. The van der Waals surface area contributed by atoms with Crippen LogP contribution in [0.4, 0.5) is 4.79 Å². The van der Waals surface area contributed by atoms with Crippen molar-refractivity contribution in [1.29, 1.82) is 0 Å². The summed E-state index contributed by atoms with van der Waals surface area (Å²) >= 11 is 0. The molecule has 0 bridgehead atoms. The summed E-state index contributed by atoms with van der Waals surface area (Å²) in [5.41, 5.74) is 2.32. The van der Waals surface area contributed by atoms with Crippen LogP contribution in [0, 0.1) is 5.92 Å². The molecule has 0 aromatic heterocycles. The summed E-state index contributed by atoms with van der Waals surface area (Å²) in [5.74, 6) is 0.698. The molecule has 4 nitrogen and oxygen atoms in total. The van der Waals surface area contributed by atoms with Crippen LogP contribution < -0.4 is 5.32 Å². The number of carbonyl (C=O) groups excluding carboxylic acids is 2. The lowest BCUT2D eigenvalue weighted by Gasteiger charge is -2.32. The standard InChI is InChI=1S/C17H26N2O2/c1-4-15-12(2)5-6-16(15)18-17(21)19-9-7-14(8-10-19)11-13(3)20/h4,14,16H,2,5-11H2,1,3H3,(H,18,21)/b15-4+. The Morgan fingerprint density at radius 3 is 2.57 bits per heavy atom. The molecule has 116 valence electrons. The Bertz CT molecular complexity index is 459. The zero-order valence-corrected chi connectivity index (χ0v) is 13.2. The van der Waals surface area contributed by atoms with Gasteiger partial charge in [0.1, 0.15) is 5.78 Å². The van der Waals surface area contributed by atoms with Crippen LogP contribution in [0.5, 0.6) is 0 Å². The molecule has 21 heavy (non-hydrogen) atoms. The van der Waals surface area contributed by atoms with Crippen molar-refractivity contribution in [1.82, 2.24) is 10.2 Å². The Labute approximate surface area is 127 Å². The second-order valence-corrected chi connectivity index (χ2v) is 6.22. The van der Waals surface area contributed by atoms with E-state index in [1.807, 2.05) is 11.8 Å². The average molecular weight is 290 g/mol. The van der Waals surface area contributed by atoms with E-state index in [9.17, 15) is 9.59 Å². The van der Waals surface area contributed by atoms with Crippen LogP contribution in [0.2, 0.25) is 0 Å². The second-order valence-electron chi connectivity index (χ2n) is 6.22. The highest BCUT2D eigenvalue weighted by molar-refractivity contribution is 5.76. The zero-order valence-electron chi connectivity index (χ0n) is 13.2. The molecule has 1 saturated carbocycles. The molecule has 0 radical (unpaired) electrons. The smallest absolute Gasteiger partial charge is 0.317 e. The molecular formula is C17H26N2O2. The molecule has 2 rings (SSSR count). The molecule has 0 aromatic rings. The van der Waals surface area contributed by atoms with Gasteiger partial charge in [0.25, 0.3) is 0 Å². The first kappa shape index (κ1) is 15.8. The van der Waals surface area contributed by atoms with Gasteiger partial charge >= 0.3 is 6.03 Å². The predicted molar refractivity (Wildman–Crippen MR) is 84.0 cm³/mol. The molecule has 1 aliphatic carbocycles. The molecule has 1 aliphatic heterocycles. The van der Waals surface area contributed by atoms with Crippen LogP contribution in [0.1, 0.15) is 46.0 Å². The van der Waals surface area contributed by atoms with E-state index in [2.05, 4.69) is 18.0 Å². The Morgan fingerprint density at radius 2 is 2.00 bits per heavy atom. The van der Waals surface area contributed by atoms with Crippen LogP contribution in [0.25, 0.3) is 0 Å². The summed E-state index contributed by atoms with van der Waals surface area (Å²) in [7, 11) is 0. The molecule has 2 amide bonds. The maximum atomic E-state index is 12.3. The third-order valence-electron chi connectivity index (χ3n) is 4.61. The summed E-state index contributed by atoms with van der Waals surface area (Å²) in [6, 6.07) is 0.139. The number of hydrogen-bond acceptors (Lipinski definition) is 2. The van der Waals surface area contributed by atoms with Gasteiger partial charge in [-0.2, -0.15) is 0 Å². The molecule has 4 heteroatoms. The van der Waals surface area contributed by atoms with Gasteiger partial charge in [0.15, 0.2) is 0 Å². The minimum Gasteiger partial charge on any atom is -0.331 e. The number of nitrogens with one attached hydrogen (secondary N) is 1. The van der Waals surface area contributed by atoms with Crippen LogP contribution >= 0.6 is 0 Å². The van der Waals surface area contributed by atoms with Crippen molar-refractivity contribution in [3.8, 4) is 0 Å². The number of ketones is 1. The number of amides is 2. The molecular weight excluding hydrogens is 264 g/mol. The number of Topliss-reactive ketones (excluding diaryl/α,β-unsaturated/α-hetero) is 1. The molecule has 1 heterocycles. The van der Waals surface area contributed by atoms with Gasteiger partial charge in [-0.15, -0.1) is 0 Å². The summed E-state index contributed by atoms with van der Waals surface area (Å²) in [6.45, 7) is 9.20. The van der Waals surface area contributed by atoms with Crippen molar-refractivity contribution < 1.29 is 9.59 Å². The fourth-order valence-corrected chi connectivity index (χ4v) is 3.41. The van der Waals surface area contributed by atoms with E-state index in [1.54, 1.807) is 6.92 Å². The summed E-state index contributed by atoms with van der Waals surface area (Å²) < 4.78 is 0. The normalized spacial score (nSPS) is 25.4. The van der Waals surface area contributed by atoms with E-state index in [-0.39, 0.29) is 17.9 Å². The number of hydrogen-bond donors (Lipinski definition) is 1. The molecule has 0 spiro atoms. The van der Waals surface area contributed by atoms with Crippen molar-refractivity contribution in [3.05, 3.63) is 23.8 Å². The maximum Gasteiger partial charge on any atom is 0.317 e. The highest BCUT2D eigenvalue weighted by atomic mass is 16.2. The molecule has 1 unspecified atom stereocenters. The molecule has 2 fully saturated rings. The quantitative estimate of drug-likeness (QED) is 0.868. The Hall–Kier alpha value is -1.58. The van der Waals surface area contributed by atoms with E-state index < -0.39 is 0 Å². The fraction of sp³-hybridized carbons (Fsp3) is 0.647. The van der Waals surface area contributed by atoms with E-state index in [0.717, 1.165) is 44.3 Å². The fourth-order valence-electron chi connectivity index (χ4n) is 3.41. The Morgan fingerprint density at radius 1 is 1.33 bits per heavy atom. The van der Waals surface area contributed by atoms with Crippen molar-refractivity contribution in [2.45, 2.75) is 52.0 Å². The monoisotopic (exact) mass is 290 g/mol. The van der Waals surface area contributed by atoms with Gasteiger partial charge in [0.2, 0.25) is 0 Å². The predicted octanol–water partition coefficient (Wildman–Crippen LogP) is 3.05. The van der Waals surface area contributed by atoms with Crippen molar-refractivity contribution in [3.63, 3.8) is 0 Å². The van der Waals surface area contributed by atoms with Gasteiger partial charge in [-0.25, -0.2) is 4.79 Å². The van der Waals surface area contributed by atoms with Gasteiger partial charge in [-0.1, -0.05) is 18.2 Å². The summed E-state index contributed by atoms with van der Waals surface area (Å²) in [6.07, 6.45) is 6.48. The van der Waals surface area contributed by atoms with Crippen molar-refractivity contribution in [2.75, 3.05) is 13.1 Å². The third kappa shape index (κ3) is 3.96. The molecule has 0 aromatic carbocycles. The second kappa shape index (κ2) is 6.92. The Balaban J connectivity index is 1.83. The van der Waals surface area contributed by atoms with Crippen molar-refractivity contribution >= 4 is 11.8 Å². The average Bonchev–Trinajstić information content (AvgIpc) is 2.79. The van der Waals surface area contributed by atoms with Gasteiger partial charge < -0.3 is 15.0 Å². The molecule has 1 saturated heterocycles. The minimum absolute atomic E-state index is 0.0234. The number of piperidine rings is 1. The van der Waals surface area contributed by atoms with Crippen LogP contribution in [0.15, 0.2) is 23.8 Å². The van der Waals surface area contributed by atoms with Gasteiger partial charge in [0, 0.05) is 19.5 Å². The van der Waals surface area contributed by atoms with E-state index >= 15 is 0 Å². The Kier molecular flexibility index (Phi) is 5.21. The summed E-state index contributed by atoms with van der Waals surface area (Å²) in [4.78, 5) is 25.4. The number of nitrogens with zero attached hydrogens (tertiary/aromatic N) is 1. The van der Waals surface area contributed by atoms with Gasteiger partial charge in [-0.3, -0.25) is 0 Å². The number of allylic oxidation sites excluding steroid dienone is 1. The first-order valence-corrected chi connectivity index (χ1v) is 7.90. The maximum absolute atomic E-state index is 12.3. The highest BCUT2D eigenvalue weighted by Crippen LogP contribution is 2.29. The molecule has 2 aliphatic rings. The number of urea groups is 1. The van der Waals surface area contributed by atoms with E-state index in [1.165, 1.54) is 5.57 Å². The topological polar surface area (TPSA) is 49.4 Å². The third-order valence-corrected chi connectivity index (χ3v) is 4.61. The highest BCUT2D eigenvalue weighted by Gasteiger charge is 2.28. The summed E-state index contributed by atoms with van der Waals surface area (Å²) in [5, 5.41) is 3.13. The van der Waals surface area contributed by atoms with E-state index in [0.29, 0.717) is 12.3 Å². The van der Waals surface area contributed by atoms with E-state index in [4.69, 9.17) is 0 Å². The molecule has 1 N–H and O–H groups in total. The van der Waals surface area contributed by atoms with Crippen molar-refractivity contribution in [2.24, 2.45) is 5.92 Å². The zero-order chi connectivity index (χ0) is 15.4. The molecule has 1 atom stereocenters. The lowest BCUT2D eigenvalue weighted by atomic mass is 9.92. The lowest BCUT2D eigenvalue weighted by molar-refractivity contribution is -0.118. The van der Waals surface area contributed by atoms with Crippen LogP contribution in [-0.2, 0) is 4.79 Å². The van der Waals surface area contributed by atoms with Crippen LogP contribution in [-0.4, -0.2) is 35.8 Å². The van der Waals surface area contributed by atoms with Crippen LogP contribution in [0.3, 0.4) is 0 Å². The lowest BCUT2D eigenvalue weighted by Crippen LogP contribution is -2.47. The first-order chi connectivity index (χ1) is 10.0. The largest absolute Gasteiger partial charge is 0.331 e. The minimum atomic E-state index is 0.0234. The number of carbonyl (C=O) groups is 2. The number of likely N-dealkylation sites (tertiary alicyclic amines) is 1. The first-order valence-electron chi connectivity index (χ1n) is 7.90. The SMILES string of the molecule is C=C1CCC(NC(=O)N2CCC(CC(C)=O)CC2)/C1=C/C. The van der Waals surface area contributed by atoms with Gasteiger partial charge in [-0.05, 0) is 51.0 Å². The van der Waals surface area contributed by atoms with Gasteiger partial charge in [0.05, 0.1) is 6.04 Å².